The number of halogens is 1. The number of thioether (sulfide) groups is 1. The summed E-state index contributed by atoms with van der Waals surface area (Å²) in [6.45, 7) is 3.07. The maximum atomic E-state index is 5.99. The van der Waals surface area contributed by atoms with Gasteiger partial charge in [-0.3, -0.25) is 0 Å². The third kappa shape index (κ3) is 2.85. The Hall–Kier alpha value is -1.04. The highest BCUT2D eigenvalue weighted by atomic mass is 35.5. The average Bonchev–Trinajstić information content (AvgIpc) is 3.07. The van der Waals surface area contributed by atoms with Crippen LogP contribution in [0.1, 0.15) is 18.7 Å². The summed E-state index contributed by atoms with van der Waals surface area (Å²) >= 11 is 7.91. The van der Waals surface area contributed by atoms with Gasteiger partial charge in [-0.15, -0.1) is 0 Å². The van der Waals surface area contributed by atoms with Gasteiger partial charge in [0.25, 0.3) is 0 Å². The third-order valence-corrected chi connectivity index (χ3v) is 4.81. The first-order chi connectivity index (χ1) is 9.78. The first-order valence-electron chi connectivity index (χ1n) is 6.68. The molecule has 4 nitrogen and oxygen atoms in total. The molecule has 1 fully saturated rings. The van der Waals surface area contributed by atoms with Gasteiger partial charge < -0.3 is 9.84 Å². The van der Waals surface area contributed by atoms with Crippen LogP contribution in [0.5, 0.6) is 0 Å². The van der Waals surface area contributed by atoms with Gasteiger partial charge in [0.2, 0.25) is 11.7 Å². The van der Waals surface area contributed by atoms with Crippen molar-refractivity contribution in [2.24, 2.45) is 0 Å². The molecule has 20 heavy (non-hydrogen) atoms. The number of hydrogen-bond donors (Lipinski definition) is 1. The Morgan fingerprint density at radius 3 is 3.15 bits per heavy atom. The standard InChI is InChI=1S/C14H16ClN3OS/c1-2-16-12-8-20-7-11(12)14-17-13(18-19-14)9-4-3-5-10(15)6-9/h3-6,11-12,16H,2,7-8H2,1H3. The third-order valence-electron chi connectivity index (χ3n) is 3.39. The zero-order valence-electron chi connectivity index (χ0n) is 11.2. The van der Waals surface area contributed by atoms with E-state index >= 15 is 0 Å². The molecular weight excluding hydrogens is 294 g/mol. The van der Waals surface area contributed by atoms with E-state index in [0.717, 1.165) is 29.5 Å². The Bertz CT molecular complexity index is 589. The van der Waals surface area contributed by atoms with E-state index in [1.807, 2.05) is 36.0 Å². The highest BCUT2D eigenvalue weighted by Gasteiger charge is 2.32. The molecular formula is C14H16ClN3OS. The Morgan fingerprint density at radius 1 is 1.45 bits per heavy atom. The second-order valence-corrected chi connectivity index (χ2v) is 6.29. The highest BCUT2D eigenvalue weighted by Crippen LogP contribution is 2.33. The predicted molar refractivity (Wildman–Crippen MR) is 82.3 cm³/mol. The van der Waals surface area contributed by atoms with Gasteiger partial charge in [0.15, 0.2) is 0 Å². The quantitative estimate of drug-likeness (QED) is 0.940. The number of aromatic nitrogens is 2. The first-order valence-corrected chi connectivity index (χ1v) is 8.22. The van der Waals surface area contributed by atoms with E-state index in [0.29, 0.717) is 22.8 Å². The van der Waals surface area contributed by atoms with E-state index in [-0.39, 0.29) is 0 Å². The van der Waals surface area contributed by atoms with Crippen molar-refractivity contribution in [1.82, 2.24) is 15.5 Å². The number of nitrogens with zero attached hydrogens (tertiary/aromatic N) is 2. The number of rotatable bonds is 4. The maximum Gasteiger partial charge on any atom is 0.232 e. The molecule has 0 amide bonds. The molecule has 3 rings (SSSR count). The summed E-state index contributed by atoms with van der Waals surface area (Å²) in [4.78, 5) is 4.55. The van der Waals surface area contributed by atoms with Crippen LogP contribution in [0.4, 0.5) is 0 Å². The van der Waals surface area contributed by atoms with Crippen LogP contribution in [0.25, 0.3) is 11.4 Å². The van der Waals surface area contributed by atoms with Gasteiger partial charge in [0, 0.05) is 28.1 Å². The van der Waals surface area contributed by atoms with Crippen LogP contribution in [0.3, 0.4) is 0 Å². The molecule has 1 saturated heterocycles. The normalized spacial score (nSPS) is 22.3. The van der Waals surface area contributed by atoms with Gasteiger partial charge in [0.1, 0.15) is 0 Å². The molecule has 0 radical (unpaired) electrons. The van der Waals surface area contributed by atoms with Crippen molar-refractivity contribution in [3.05, 3.63) is 35.2 Å². The second kappa shape index (κ2) is 6.16. The second-order valence-electron chi connectivity index (χ2n) is 4.77. The Balaban J connectivity index is 1.83. The van der Waals surface area contributed by atoms with E-state index in [4.69, 9.17) is 16.1 Å². The lowest BCUT2D eigenvalue weighted by atomic mass is 10.0. The van der Waals surface area contributed by atoms with Crippen LogP contribution in [0, 0.1) is 0 Å². The zero-order valence-corrected chi connectivity index (χ0v) is 12.7. The molecule has 1 aromatic carbocycles. The van der Waals surface area contributed by atoms with E-state index in [1.165, 1.54) is 0 Å². The Labute approximate surface area is 127 Å². The number of nitrogens with one attached hydrogen (secondary N) is 1. The fourth-order valence-corrected chi connectivity index (χ4v) is 3.95. The monoisotopic (exact) mass is 309 g/mol. The summed E-state index contributed by atoms with van der Waals surface area (Å²) in [5, 5.41) is 8.24. The topological polar surface area (TPSA) is 51.0 Å². The molecule has 0 bridgehead atoms. The minimum atomic E-state index is 0.292. The molecule has 2 unspecified atom stereocenters. The SMILES string of the molecule is CCNC1CSCC1c1nc(-c2cccc(Cl)c2)no1. The smallest absolute Gasteiger partial charge is 0.232 e. The molecule has 2 aromatic rings. The molecule has 1 aliphatic heterocycles. The number of likely N-dealkylation sites (N-methyl/N-ethyl adjacent to an activating group) is 1. The van der Waals surface area contributed by atoms with Crippen molar-refractivity contribution in [3.8, 4) is 11.4 Å². The Kier molecular flexibility index (Phi) is 4.29. The van der Waals surface area contributed by atoms with E-state index in [9.17, 15) is 0 Å². The summed E-state index contributed by atoms with van der Waals surface area (Å²) in [5.74, 6) is 3.73. The Morgan fingerprint density at radius 2 is 2.35 bits per heavy atom. The molecule has 0 saturated carbocycles. The van der Waals surface area contributed by atoms with Gasteiger partial charge in [-0.1, -0.05) is 35.8 Å². The van der Waals surface area contributed by atoms with E-state index in [2.05, 4.69) is 22.4 Å². The average molecular weight is 310 g/mol. The van der Waals surface area contributed by atoms with E-state index < -0.39 is 0 Å². The van der Waals surface area contributed by atoms with Crippen LogP contribution in [0.15, 0.2) is 28.8 Å². The molecule has 1 aromatic heterocycles. The van der Waals surface area contributed by atoms with Gasteiger partial charge in [-0.05, 0) is 18.7 Å². The van der Waals surface area contributed by atoms with Crippen molar-refractivity contribution in [3.63, 3.8) is 0 Å². The summed E-state index contributed by atoms with van der Waals surface area (Å²) < 4.78 is 5.46. The van der Waals surface area contributed by atoms with Crippen molar-refractivity contribution in [2.45, 2.75) is 18.9 Å². The summed E-state index contributed by atoms with van der Waals surface area (Å²) in [6, 6.07) is 7.92. The molecule has 1 aliphatic rings. The van der Waals surface area contributed by atoms with Gasteiger partial charge in [-0.25, -0.2) is 0 Å². The molecule has 6 heteroatoms. The summed E-state index contributed by atoms with van der Waals surface area (Å²) in [6.07, 6.45) is 0. The van der Waals surface area contributed by atoms with Crippen molar-refractivity contribution < 1.29 is 4.52 Å². The van der Waals surface area contributed by atoms with Gasteiger partial charge in [-0.2, -0.15) is 16.7 Å². The van der Waals surface area contributed by atoms with Crippen LogP contribution in [-0.4, -0.2) is 34.2 Å². The van der Waals surface area contributed by atoms with Crippen molar-refractivity contribution in [2.75, 3.05) is 18.1 Å². The first kappa shape index (κ1) is 13.9. The van der Waals surface area contributed by atoms with Crippen molar-refractivity contribution in [1.29, 1.82) is 0 Å². The van der Waals surface area contributed by atoms with E-state index in [1.54, 1.807) is 0 Å². The predicted octanol–water partition coefficient (Wildman–Crippen LogP) is 3.20. The number of benzene rings is 1. The molecule has 1 N–H and O–H groups in total. The lowest BCUT2D eigenvalue weighted by molar-refractivity contribution is 0.340. The molecule has 0 spiro atoms. The van der Waals surface area contributed by atoms with Crippen LogP contribution in [-0.2, 0) is 0 Å². The van der Waals surface area contributed by atoms with Crippen LogP contribution >= 0.6 is 23.4 Å². The van der Waals surface area contributed by atoms with Gasteiger partial charge >= 0.3 is 0 Å². The summed E-state index contributed by atoms with van der Waals surface area (Å²) in [7, 11) is 0. The summed E-state index contributed by atoms with van der Waals surface area (Å²) in [5.41, 5.74) is 0.887. The molecule has 0 aliphatic carbocycles. The number of hydrogen-bond acceptors (Lipinski definition) is 5. The molecule has 106 valence electrons. The molecule has 2 atom stereocenters. The zero-order chi connectivity index (χ0) is 13.9. The minimum Gasteiger partial charge on any atom is -0.339 e. The lowest BCUT2D eigenvalue weighted by Gasteiger charge is -2.15. The largest absolute Gasteiger partial charge is 0.339 e. The molecule has 2 heterocycles. The van der Waals surface area contributed by atoms with Crippen LogP contribution in [0.2, 0.25) is 5.02 Å². The maximum absolute atomic E-state index is 5.99. The van der Waals surface area contributed by atoms with Gasteiger partial charge in [0.05, 0.1) is 5.92 Å². The van der Waals surface area contributed by atoms with Crippen molar-refractivity contribution >= 4 is 23.4 Å². The lowest BCUT2D eigenvalue weighted by Crippen LogP contribution is -2.34. The fraction of sp³-hybridized carbons (Fsp3) is 0.429. The van der Waals surface area contributed by atoms with Crippen LogP contribution < -0.4 is 5.32 Å². The fourth-order valence-electron chi connectivity index (χ4n) is 2.39. The highest BCUT2D eigenvalue weighted by molar-refractivity contribution is 7.99. The minimum absolute atomic E-state index is 0.292.